The quantitative estimate of drug-likeness (QED) is 0.827. The van der Waals surface area contributed by atoms with E-state index in [0.717, 1.165) is 0 Å². The highest BCUT2D eigenvalue weighted by Gasteiger charge is 2.22. The van der Waals surface area contributed by atoms with Crippen molar-refractivity contribution in [3.05, 3.63) is 34.6 Å². The minimum atomic E-state index is -0.348. The molecular formula is C12H17ClFN. The van der Waals surface area contributed by atoms with Crippen LogP contribution in [0.4, 0.5) is 4.39 Å². The molecule has 15 heavy (non-hydrogen) atoms. The van der Waals surface area contributed by atoms with E-state index in [1.54, 1.807) is 18.2 Å². The van der Waals surface area contributed by atoms with E-state index in [-0.39, 0.29) is 22.3 Å². The highest BCUT2D eigenvalue weighted by atomic mass is 35.5. The minimum absolute atomic E-state index is 0.0330. The molecule has 0 amide bonds. The summed E-state index contributed by atoms with van der Waals surface area (Å²) in [7, 11) is 0. The molecule has 0 spiro atoms. The average molecular weight is 230 g/mol. The van der Waals surface area contributed by atoms with Gasteiger partial charge in [0.1, 0.15) is 5.82 Å². The Bertz CT molecular complexity index is 344. The molecule has 3 heteroatoms. The van der Waals surface area contributed by atoms with Gasteiger partial charge in [-0.3, -0.25) is 0 Å². The Morgan fingerprint density at radius 2 is 2.00 bits per heavy atom. The molecule has 0 aliphatic heterocycles. The van der Waals surface area contributed by atoms with E-state index < -0.39 is 0 Å². The van der Waals surface area contributed by atoms with E-state index in [4.69, 9.17) is 17.3 Å². The number of rotatable bonds is 2. The number of hydrogen-bond acceptors (Lipinski definition) is 1. The van der Waals surface area contributed by atoms with Crippen LogP contribution in [0.5, 0.6) is 0 Å². The van der Waals surface area contributed by atoms with E-state index in [1.807, 2.05) is 20.8 Å². The van der Waals surface area contributed by atoms with Crippen LogP contribution in [0.15, 0.2) is 18.2 Å². The Morgan fingerprint density at radius 3 is 2.53 bits per heavy atom. The molecule has 0 aliphatic carbocycles. The largest absolute Gasteiger partial charge is 0.327 e. The summed E-state index contributed by atoms with van der Waals surface area (Å²) in [5.41, 5.74) is 6.55. The van der Waals surface area contributed by atoms with Crippen molar-refractivity contribution in [2.45, 2.75) is 33.2 Å². The third-order valence-corrected chi connectivity index (χ3v) is 2.88. The highest BCUT2D eigenvalue weighted by Crippen LogP contribution is 2.24. The van der Waals surface area contributed by atoms with Crippen LogP contribution in [0, 0.1) is 11.2 Å². The van der Waals surface area contributed by atoms with Gasteiger partial charge in [-0.1, -0.05) is 44.5 Å². The van der Waals surface area contributed by atoms with Gasteiger partial charge in [0.25, 0.3) is 0 Å². The first-order valence-corrected chi connectivity index (χ1v) is 5.38. The Labute approximate surface area is 95.4 Å². The summed E-state index contributed by atoms with van der Waals surface area (Å²) in [6, 6.07) is 4.94. The van der Waals surface area contributed by atoms with Gasteiger partial charge in [-0.15, -0.1) is 0 Å². The zero-order valence-corrected chi connectivity index (χ0v) is 10.1. The van der Waals surface area contributed by atoms with Crippen molar-refractivity contribution in [2.24, 2.45) is 11.1 Å². The van der Waals surface area contributed by atoms with E-state index >= 15 is 0 Å². The van der Waals surface area contributed by atoms with Crippen molar-refractivity contribution in [3.63, 3.8) is 0 Å². The maximum absolute atomic E-state index is 13.6. The number of benzene rings is 1. The van der Waals surface area contributed by atoms with Crippen LogP contribution >= 0.6 is 11.6 Å². The fourth-order valence-electron chi connectivity index (χ4n) is 1.25. The van der Waals surface area contributed by atoms with Crippen LogP contribution in [0.25, 0.3) is 0 Å². The zero-order valence-electron chi connectivity index (χ0n) is 9.35. The van der Waals surface area contributed by atoms with Crippen LogP contribution in [0.3, 0.4) is 0 Å². The Kier molecular flexibility index (Phi) is 3.74. The second kappa shape index (κ2) is 4.50. The molecule has 2 N–H and O–H groups in total. The third kappa shape index (κ3) is 3.18. The summed E-state index contributed by atoms with van der Waals surface area (Å²) in [4.78, 5) is 0. The van der Waals surface area contributed by atoms with Gasteiger partial charge in [-0.05, 0) is 23.5 Å². The van der Waals surface area contributed by atoms with Crippen molar-refractivity contribution < 1.29 is 4.39 Å². The molecule has 0 aliphatic rings. The van der Waals surface area contributed by atoms with Gasteiger partial charge in [-0.25, -0.2) is 4.39 Å². The molecule has 1 atom stereocenters. The fourth-order valence-corrected chi connectivity index (χ4v) is 1.44. The lowest BCUT2D eigenvalue weighted by atomic mass is 9.84. The lowest BCUT2D eigenvalue weighted by molar-refractivity contribution is 0.316. The summed E-state index contributed by atoms with van der Waals surface area (Å²) in [6.45, 7) is 6.13. The second-order valence-corrected chi connectivity index (χ2v) is 5.30. The topological polar surface area (TPSA) is 26.0 Å². The molecule has 0 bridgehead atoms. The van der Waals surface area contributed by atoms with Crippen molar-refractivity contribution >= 4 is 11.6 Å². The molecule has 1 aromatic rings. The molecule has 0 radical (unpaired) electrons. The summed E-state index contributed by atoms with van der Waals surface area (Å²) < 4.78 is 13.6. The molecule has 1 unspecified atom stereocenters. The van der Waals surface area contributed by atoms with Crippen LogP contribution in [-0.2, 0) is 6.42 Å². The van der Waals surface area contributed by atoms with Crippen molar-refractivity contribution in [1.29, 1.82) is 0 Å². The number of halogens is 2. The first-order valence-electron chi connectivity index (χ1n) is 5.01. The smallest absolute Gasteiger partial charge is 0.145 e. The van der Waals surface area contributed by atoms with Crippen molar-refractivity contribution in [2.75, 3.05) is 0 Å². The predicted molar refractivity (Wildman–Crippen MR) is 62.5 cm³/mol. The average Bonchev–Trinajstić information content (AvgIpc) is 2.11. The standard InChI is InChI=1S/C12H17ClFN/c1-12(2,3)10(15)7-8-5-4-6-9(13)11(8)14/h4-6,10H,7,15H2,1-3H3. The molecule has 0 aromatic heterocycles. The molecule has 1 aromatic carbocycles. The SMILES string of the molecule is CC(C)(C)C(N)Cc1cccc(Cl)c1F. The lowest BCUT2D eigenvalue weighted by Gasteiger charge is -2.27. The second-order valence-electron chi connectivity index (χ2n) is 4.89. The minimum Gasteiger partial charge on any atom is -0.327 e. The normalized spacial score (nSPS) is 14.0. The molecule has 0 saturated carbocycles. The van der Waals surface area contributed by atoms with Crippen LogP contribution in [0.2, 0.25) is 5.02 Å². The summed E-state index contributed by atoms with van der Waals surface area (Å²) in [5, 5.41) is 0.161. The predicted octanol–water partition coefficient (Wildman–Crippen LogP) is 3.40. The molecule has 0 heterocycles. The number of nitrogens with two attached hydrogens (primary N) is 1. The Morgan fingerprint density at radius 1 is 1.40 bits per heavy atom. The Hall–Kier alpha value is -0.600. The van der Waals surface area contributed by atoms with Gasteiger partial charge < -0.3 is 5.73 Å². The third-order valence-electron chi connectivity index (χ3n) is 2.58. The van der Waals surface area contributed by atoms with Crippen molar-refractivity contribution in [1.82, 2.24) is 0 Å². The van der Waals surface area contributed by atoms with Gasteiger partial charge in [0.05, 0.1) is 5.02 Å². The maximum Gasteiger partial charge on any atom is 0.145 e. The van der Waals surface area contributed by atoms with Gasteiger partial charge in [0.15, 0.2) is 0 Å². The van der Waals surface area contributed by atoms with Crippen LogP contribution in [0.1, 0.15) is 26.3 Å². The maximum atomic E-state index is 13.6. The van der Waals surface area contributed by atoms with Gasteiger partial charge in [0, 0.05) is 6.04 Å². The fraction of sp³-hybridized carbons (Fsp3) is 0.500. The monoisotopic (exact) mass is 229 g/mol. The van der Waals surface area contributed by atoms with Crippen LogP contribution in [-0.4, -0.2) is 6.04 Å². The van der Waals surface area contributed by atoms with Crippen molar-refractivity contribution in [3.8, 4) is 0 Å². The first kappa shape index (κ1) is 12.5. The van der Waals surface area contributed by atoms with Crippen LogP contribution < -0.4 is 5.73 Å². The van der Waals surface area contributed by atoms with Gasteiger partial charge in [0.2, 0.25) is 0 Å². The van der Waals surface area contributed by atoms with E-state index in [2.05, 4.69) is 0 Å². The lowest BCUT2D eigenvalue weighted by Crippen LogP contribution is -2.37. The molecule has 84 valence electrons. The summed E-state index contributed by atoms with van der Waals surface area (Å²) in [5.74, 6) is -0.348. The molecule has 0 saturated heterocycles. The first-order chi connectivity index (χ1) is 6.82. The summed E-state index contributed by atoms with van der Waals surface area (Å²) in [6.07, 6.45) is 0.510. The molecular weight excluding hydrogens is 213 g/mol. The van der Waals surface area contributed by atoms with E-state index in [0.29, 0.717) is 12.0 Å². The summed E-state index contributed by atoms with van der Waals surface area (Å²) >= 11 is 5.70. The zero-order chi connectivity index (χ0) is 11.6. The van der Waals surface area contributed by atoms with Gasteiger partial charge in [-0.2, -0.15) is 0 Å². The molecule has 0 fully saturated rings. The van der Waals surface area contributed by atoms with Gasteiger partial charge >= 0.3 is 0 Å². The number of hydrogen-bond donors (Lipinski definition) is 1. The molecule has 1 rings (SSSR count). The molecule has 1 nitrogen and oxygen atoms in total. The van der Waals surface area contributed by atoms with E-state index in [1.165, 1.54) is 0 Å². The van der Waals surface area contributed by atoms with E-state index in [9.17, 15) is 4.39 Å². The Balaban J connectivity index is 2.86. The highest BCUT2D eigenvalue weighted by molar-refractivity contribution is 6.30.